The molecular weight excluding hydrogens is 152 g/mol. The summed E-state index contributed by atoms with van der Waals surface area (Å²) in [5.74, 6) is 0.618. The van der Waals surface area contributed by atoms with E-state index in [2.05, 4.69) is 4.98 Å². The normalized spacial score (nSPS) is 10.3. The van der Waals surface area contributed by atoms with Gasteiger partial charge in [0, 0.05) is 6.54 Å². The Balaban J connectivity index is 3.01. The molecule has 10 heavy (non-hydrogen) atoms. The summed E-state index contributed by atoms with van der Waals surface area (Å²) in [7, 11) is 0. The second-order valence-corrected chi connectivity index (χ2v) is 2.29. The molecule has 1 aromatic rings. The van der Waals surface area contributed by atoms with Crippen LogP contribution in [0, 0.1) is 0 Å². The Bertz CT molecular complexity index is 222. The van der Waals surface area contributed by atoms with Crippen molar-refractivity contribution in [3.05, 3.63) is 17.2 Å². The van der Waals surface area contributed by atoms with Crippen LogP contribution >= 0.6 is 11.6 Å². The molecule has 0 aromatic carbocycles. The number of aliphatic hydroxyl groups excluding tert-OH is 1. The molecule has 0 bridgehead atoms. The van der Waals surface area contributed by atoms with Crippen molar-refractivity contribution in [2.45, 2.75) is 20.1 Å². The Morgan fingerprint density at radius 1 is 1.80 bits per heavy atom. The number of nitrogens with zero attached hydrogens (tertiary/aromatic N) is 2. The van der Waals surface area contributed by atoms with E-state index in [1.807, 2.05) is 6.92 Å². The molecule has 0 aliphatic rings. The number of aliphatic hydroxyl groups is 1. The summed E-state index contributed by atoms with van der Waals surface area (Å²) in [4.78, 5) is 3.89. The third-order valence-electron chi connectivity index (χ3n) is 1.35. The van der Waals surface area contributed by atoms with E-state index in [-0.39, 0.29) is 6.61 Å². The standard InChI is InChI=1S/C6H9ClN2O/c1-2-9-5(7)3-8-6(9)4-10/h3,10H,2,4H2,1H3. The highest BCUT2D eigenvalue weighted by Gasteiger charge is 2.03. The van der Waals surface area contributed by atoms with Gasteiger partial charge >= 0.3 is 0 Å². The van der Waals surface area contributed by atoms with Crippen LogP contribution in [-0.2, 0) is 13.2 Å². The summed E-state index contributed by atoms with van der Waals surface area (Å²) in [5.41, 5.74) is 0. The number of imidazole rings is 1. The zero-order valence-corrected chi connectivity index (χ0v) is 6.47. The van der Waals surface area contributed by atoms with Crippen molar-refractivity contribution in [3.8, 4) is 0 Å². The van der Waals surface area contributed by atoms with E-state index in [9.17, 15) is 0 Å². The molecule has 0 fully saturated rings. The van der Waals surface area contributed by atoms with Crippen molar-refractivity contribution in [2.75, 3.05) is 0 Å². The zero-order valence-electron chi connectivity index (χ0n) is 5.71. The van der Waals surface area contributed by atoms with Crippen LogP contribution in [0.1, 0.15) is 12.7 Å². The number of hydrogen-bond donors (Lipinski definition) is 1. The van der Waals surface area contributed by atoms with Gasteiger partial charge in [-0.05, 0) is 6.92 Å². The van der Waals surface area contributed by atoms with Gasteiger partial charge in [-0.25, -0.2) is 4.98 Å². The number of halogens is 1. The first-order valence-electron chi connectivity index (χ1n) is 3.10. The largest absolute Gasteiger partial charge is 0.388 e. The summed E-state index contributed by atoms with van der Waals surface area (Å²) in [5, 5.41) is 9.30. The highest BCUT2D eigenvalue weighted by Crippen LogP contribution is 2.10. The molecule has 0 spiro atoms. The second kappa shape index (κ2) is 3.03. The average molecular weight is 161 g/mol. The monoisotopic (exact) mass is 160 g/mol. The molecule has 1 N–H and O–H groups in total. The third kappa shape index (κ3) is 1.15. The highest BCUT2D eigenvalue weighted by molar-refractivity contribution is 6.29. The van der Waals surface area contributed by atoms with Gasteiger partial charge in [-0.1, -0.05) is 11.6 Å². The minimum absolute atomic E-state index is 0.0550. The fourth-order valence-electron chi connectivity index (χ4n) is 0.850. The molecule has 1 heterocycles. The molecule has 4 heteroatoms. The van der Waals surface area contributed by atoms with E-state index in [1.165, 1.54) is 6.20 Å². The van der Waals surface area contributed by atoms with Crippen LogP contribution in [0.5, 0.6) is 0 Å². The van der Waals surface area contributed by atoms with Gasteiger partial charge in [0.15, 0.2) is 0 Å². The van der Waals surface area contributed by atoms with Crippen LogP contribution in [-0.4, -0.2) is 14.7 Å². The highest BCUT2D eigenvalue weighted by atomic mass is 35.5. The first-order chi connectivity index (χ1) is 4.79. The van der Waals surface area contributed by atoms with Crippen molar-refractivity contribution in [1.82, 2.24) is 9.55 Å². The van der Waals surface area contributed by atoms with E-state index in [1.54, 1.807) is 4.57 Å². The quantitative estimate of drug-likeness (QED) is 0.703. The topological polar surface area (TPSA) is 38.0 Å². The minimum atomic E-state index is -0.0550. The summed E-state index contributed by atoms with van der Waals surface area (Å²) < 4.78 is 1.75. The maximum absolute atomic E-state index is 8.72. The maximum atomic E-state index is 8.72. The van der Waals surface area contributed by atoms with Crippen molar-refractivity contribution < 1.29 is 5.11 Å². The Kier molecular flexibility index (Phi) is 2.29. The van der Waals surface area contributed by atoms with Gasteiger partial charge in [-0.15, -0.1) is 0 Å². The van der Waals surface area contributed by atoms with Gasteiger partial charge in [0.1, 0.15) is 17.6 Å². The second-order valence-electron chi connectivity index (χ2n) is 1.90. The molecule has 0 amide bonds. The predicted molar refractivity (Wildman–Crippen MR) is 38.8 cm³/mol. The molecule has 0 radical (unpaired) electrons. The fourth-order valence-corrected chi connectivity index (χ4v) is 1.12. The van der Waals surface area contributed by atoms with Gasteiger partial charge in [-0.2, -0.15) is 0 Å². The lowest BCUT2D eigenvalue weighted by molar-refractivity contribution is 0.265. The van der Waals surface area contributed by atoms with E-state index in [4.69, 9.17) is 16.7 Å². The molecule has 0 unspecified atom stereocenters. The van der Waals surface area contributed by atoms with Crippen molar-refractivity contribution in [3.63, 3.8) is 0 Å². The fraction of sp³-hybridized carbons (Fsp3) is 0.500. The Labute approximate surface area is 64.3 Å². The van der Waals surface area contributed by atoms with Crippen molar-refractivity contribution in [1.29, 1.82) is 0 Å². The third-order valence-corrected chi connectivity index (χ3v) is 1.65. The van der Waals surface area contributed by atoms with Gasteiger partial charge in [-0.3, -0.25) is 0 Å². The van der Waals surface area contributed by atoms with Crippen molar-refractivity contribution in [2.24, 2.45) is 0 Å². The van der Waals surface area contributed by atoms with Gasteiger partial charge in [0.05, 0.1) is 6.20 Å². The summed E-state index contributed by atoms with van der Waals surface area (Å²) in [6.45, 7) is 2.64. The average Bonchev–Trinajstić information content (AvgIpc) is 2.30. The molecule has 0 saturated carbocycles. The Morgan fingerprint density at radius 2 is 2.50 bits per heavy atom. The minimum Gasteiger partial charge on any atom is -0.388 e. The van der Waals surface area contributed by atoms with Crippen LogP contribution in [0.4, 0.5) is 0 Å². The maximum Gasteiger partial charge on any atom is 0.135 e. The van der Waals surface area contributed by atoms with E-state index >= 15 is 0 Å². The lowest BCUT2D eigenvalue weighted by atomic mass is 10.6. The first-order valence-corrected chi connectivity index (χ1v) is 3.48. The van der Waals surface area contributed by atoms with Crippen LogP contribution < -0.4 is 0 Å². The Morgan fingerprint density at radius 3 is 2.90 bits per heavy atom. The zero-order chi connectivity index (χ0) is 7.56. The molecule has 0 atom stereocenters. The summed E-state index contributed by atoms with van der Waals surface area (Å²) in [6, 6.07) is 0. The number of hydrogen-bond acceptors (Lipinski definition) is 2. The predicted octanol–water partition coefficient (Wildman–Crippen LogP) is 1.05. The van der Waals surface area contributed by atoms with Gasteiger partial charge < -0.3 is 9.67 Å². The first kappa shape index (κ1) is 7.57. The van der Waals surface area contributed by atoms with Crippen LogP contribution in [0.3, 0.4) is 0 Å². The van der Waals surface area contributed by atoms with Crippen molar-refractivity contribution >= 4 is 11.6 Å². The molecule has 56 valence electrons. The Hall–Kier alpha value is -0.540. The number of rotatable bonds is 2. The van der Waals surface area contributed by atoms with Crippen LogP contribution in [0.15, 0.2) is 6.20 Å². The summed E-state index contributed by atoms with van der Waals surface area (Å²) >= 11 is 5.71. The lowest BCUT2D eigenvalue weighted by Gasteiger charge is -2.01. The smallest absolute Gasteiger partial charge is 0.135 e. The molecule has 0 saturated heterocycles. The van der Waals surface area contributed by atoms with E-state index < -0.39 is 0 Å². The van der Waals surface area contributed by atoms with Gasteiger partial charge in [0.25, 0.3) is 0 Å². The number of aromatic nitrogens is 2. The van der Waals surface area contributed by atoms with E-state index in [0.29, 0.717) is 11.0 Å². The summed E-state index contributed by atoms with van der Waals surface area (Å²) in [6.07, 6.45) is 1.54. The lowest BCUT2D eigenvalue weighted by Crippen LogP contribution is -2.01. The van der Waals surface area contributed by atoms with Crippen LogP contribution in [0.2, 0.25) is 5.15 Å². The molecule has 0 aliphatic carbocycles. The molecular formula is C6H9ClN2O. The molecule has 1 aromatic heterocycles. The molecule has 0 aliphatic heterocycles. The van der Waals surface area contributed by atoms with Gasteiger partial charge in [0.2, 0.25) is 0 Å². The molecule has 1 rings (SSSR count). The SMILES string of the molecule is CCn1c(Cl)cnc1CO. The molecule has 3 nitrogen and oxygen atoms in total. The van der Waals surface area contributed by atoms with E-state index in [0.717, 1.165) is 6.54 Å². The van der Waals surface area contributed by atoms with Crippen LogP contribution in [0.25, 0.3) is 0 Å².